The monoisotopic (exact) mass is 553 g/mol. The summed E-state index contributed by atoms with van der Waals surface area (Å²) in [5, 5.41) is 6.88. The van der Waals surface area contributed by atoms with Crippen LogP contribution < -0.4 is 20.1 Å². The predicted molar refractivity (Wildman–Crippen MR) is 140 cm³/mol. The van der Waals surface area contributed by atoms with E-state index in [0.717, 1.165) is 36.9 Å². The number of methoxy groups -OCH3 is 1. The third-order valence-electron chi connectivity index (χ3n) is 5.38. The topological polar surface area (TPSA) is 71.0 Å². The van der Waals surface area contributed by atoms with E-state index in [1.165, 1.54) is 18.4 Å². The summed E-state index contributed by atoms with van der Waals surface area (Å²) in [6.07, 6.45) is 4.43. The van der Waals surface area contributed by atoms with Crippen molar-refractivity contribution >= 4 is 29.9 Å². The molecule has 0 aliphatic carbocycles. The van der Waals surface area contributed by atoms with Gasteiger partial charge in [-0.15, -0.1) is 24.0 Å². The second-order valence-corrected chi connectivity index (χ2v) is 7.98. The van der Waals surface area contributed by atoms with Gasteiger partial charge in [0.2, 0.25) is 5.88 Å². The second-order valence-electron chi connectivity index (χ2n) is 7.98. The molecule has 2 N–H and O–H groups in total. The van der Waals surface area contributed by atoms with Crippen LogP contribution in [0.2, 0.25) is 0 Å². The second kappa shape index (κ2) is 13.5. The van der Waals surface area contributed by atoms with Crippen molar-refractivity contribution in [3.63, 3.8) is 0 Å². The first kappa shape index (κ1) is 26.2. The zero-order chi connectivity index (χ0) is 22.1. The van der Waals surface area contributed by atoms with E-state index >= 15 is 0 Å². The maximum absolute atomic E-state index is 5.64. The van der Waals surface area contributed by atoms with Gasteiger partial charge in [0.15, 0.2) is 5.96 Å². The third kappa shape index (κ3) is 7.51. The minimum atomic E-state index is 0. The Morgan fingerprint density at radius 2 is 1.88 bits per heavy atom. The summed E-state index contributed by atoms with van der Waals surface area (Å²) in [6.45, 7) is 7.58. The third-order valence-corrected chi connectivity index (χ3v) is 5.38. The van der Waals surface area contributed by atoms with Crippen molar-refractivity contribution in [1.82, 2.24) is 20.5 Å². The lowest BCUT2D eigenvalue weighted by Gasteiger charge is -2.30. The number of para-hydroxylation sites is 1. The normalized spacial score (nSPS) is 15.2. The van der Waals surface area contributed by atoms with E-state index in [0.29, 0.717) is 12.4 Å². The molecule has 1 aliphatic heterocycles. The Morgan fingerprint density at radius 3 is 2.50 bits per heavy atom. The SMILES string of the molecule is CN=C(NCc1ccc(OC(C)C)nc1)NCC(c1ccccc1OC)N1CCCC1.I. The van der Waals surface area contributed by atoms with E-state index in [2.05, 4.69) is 37.6 Å². The Kier molecular flexibility index (Phi) is 11.0. The maximum Gasteiger partial charge on any atom is 0.213 e. The quantitative estimate of drug-likeness (QED) is 0.278. The number of guanidine groups is 1. The molecule has 0 amide bonds. The summed E-state index contributed by atoms with van der Waals surface area (Å²) in [6, 6.07) is 12.4. The fourth-order valence-corrected chi connectivity index (χ4v) is 3.86. The van der Waals surface area contributed by atoms with Crippen LogP contribution in [0.15, 0.2) is 47.6 Å². The van der Waals surface area contributed by atoms with Crippen LogP contribution in [0.1, 0.15) is 43.9 Å². The zero-order valence-electron chi connectivity index (χ0n) is 19.5. The minimum Gasteiger partial charge on any atom is -0.496 e. The number of aromatic nitrogens is 1. The molecule has 2 aromatic rings. The lowest BCUT2D eigenvalue weighted by molar-refractivity contribution is 0.232. The average Bonchev–Trinajstić information content (AvgIpc) is 3.31. The van der Waals surface area contributed by atoms with Crippen molar-refractivity contribution in [3.05, 3.63) is 53.7 Å². The summed E-state index contributed by atoms with van der Waals surface area (Å²) >= 11 is 0. The number of nitrogens with zero attached hydrogens (tertiary/aromatic N) is 3. The van der Waals surface area contributed by atoms with Gasteiger partial charge in [-0.05, 0) is 51.4 Å². The molecule has 1 aromatic heterocycles. The van der Waals surface area contributed by atoms with Gasteiger partial charge in [0.1, 0.15) is 5.75 Å². The first-order valence-electron chi connectivity index (χ1n) is 11.0. The Labute approximate surface area is 209 Å². The zero-order valence-corrected chi connectivity index (χ0v) is 21.8. The number of hydrogen-bond donors (Lipinski definition) is 2. The predicted octanol–water partition coefficient (Wildman–Crippen LogP) is 4.00. The van der Waals surface area contributed by atoms with Crippen LogP contribution in [-0.2, 0) is 6.54 Å². The number of aliphatic imine (C=N–C) groups is 1. The van der Waals surface area contributed by atoms with Gasteiger partial charge in [-0.1, -0.05) is 24.3 Å². The highest BCUT2D eigenvalue weighted by Crippen LogP contribution is 2.31. The fourth-order valence-electron chi connectivity index (χ4n) is 3.86. The standard InChI is InChI=1S/C24H35N5O2.HI/c1-18(2)31-23-12-11-19(15-26-23)16-27-24(25-3)28-17-21(29-13-7-8-14-29)20-9-5-6-10-22(20)30-4;/h5-6,9-12,15,18,21H,7-8,13-14,16-17H2,1-4H3,(H2,25,27,28);1H. The van der Waals surface area contributed by atoms with Gasteiger partial charge in [0.05, 0.1) is 19.3 Å². The molecule has 2 heterocycles. The Balaban J connectivity index is 0.00000363. The number of halogens is 1. The highest BCUT2D eigenvalue weighted by molar-refractivity contribution is 14.0. The molecule has 1 unspecified atom stereocenters. The molecule has 1 saturated heterocycles. The number of hydrogen-bond acceptors (Lipinski definition) is 5. The van der Waals surface area contributed by atoms with Crippen molar-refractivity contribution in [2.75, 3.05) is 33.8 Å². The first-order valence-corrected chi connectivity index (χ1v) is 11.0. The summed E-state index contributed by atoms with van der Waals surface area (Å²) in [5.41, 5.74) is 2.28. The van der Waals surface area contributed by atoms with Crippen LogP contribution in [0.4, 0.5) is 0 Å². The molecule has 0 spiro atoms. The number of benzene rings is 1. The minimum absolute atomic E-state index is 0. The largest absolute Gasteiger partial charge is 0.496 e. The van der Waals surface area contributed by atoms with Gasteiger partial charge in [-0.3, -0.25) is 9.89 Å². The van der Waals surface area contributed by atoms with Crippen LogP contribution in [0.3, 0.4) is 0 Å². The average molecular weight is 553 g/mol. The van der Waals surface area contributed by atoms with E-state index in [9.17, 15) is 0 Å². The number of rotatable bonds is 9. The van der Waals surface area contributed by atoms with Gasteiger partial charge < -0.3 is 20.1 Å². The highest BCUT2D eigenvalue weighted by atomic mass is 127. The van der Waals surface area contributed by atoms with Crippen LogP contribution in [0.5, 0.6) is 11.6 Å². The summed E-state index contributed by atoms with van der Waals surface area (Å²) in [7, 11) is 3.53. The Morgan fingerprint density at radius 1 is 1.12 bits per heavy atom. The molecule has 8 heteroatoms. The molecular formula is C24H36IN5O2. The van der Waals surface area contributed by atoms with Crippen LogP contribution >= 0.6 is 24.0 Å². The van der Waals surface area contributed by atoms with Crippen LogP contribution in [-0.4, -0.2) is 55.7 Å². The highest BCUT2D eigenvalue weighted by Gasteiger charge is 2.26. The van der Waals surface area contributed by atoms with E-state index in [4.69, 9.17) is 9.47 Å². The molecule has 0 bridgehead atoms. The molecule has 1 aromatic carbocycles. The number of nitrogens with one attached hydrogen (secondary N) is 2. The van der Waals surface area contributed by atoms with Gasteiger partial charge in [0.25, 0.3) is 0 Å². The number of likely N-dealkylation sites (tertiary alicyclic amines) is 1. The molecule has 32 heavy (non-hydrogen) atoms. The Hall–Kier alpha value is -2.07. The van der Waals surface area contributed by atoms with Crippen LogP contribution in [0, 0.1) is 0 Å². The lowest BCUT2D eigenvalue weighted by Crippen LogP contribution is -2.42. The van der Waals surface area contributed by atoms with E-state index in [-0.39, 0.29) is 36.1 Å². The smallest absolute Gasteiger partial charge is 0.213 e. The van der Waals surface area contributed by atoms with Crippen molar-refractivity contribution in [2.45, 2.75) is 45.4 Å². The van der Waals surface area contributed by atoms with Crippen molar-refractivity contribution < 1.29 is 9.47 Å². The summed E-state index contributed by atoms with van der Waals surface area (Å²) in [5.74, 6) is 2.34. The molecule has 3 rings (SSSR count). The number of pyridine rings is 1. The molecular weight excluding hydrogens is 517 g/mol. The lowest BCUT2D eigenvalue weighted by atomic mass is 10.0. The molecule has 1 aliphatic rings. The van der Waals surface area contributed by atoms with Gasteiger partial charge in [-0.25, -0.2) is 4.98 Å². The van der Waals surface area contributed by atoms with E-state index in [1.54, 1.807) is 14.2 Å². The van der Waals surface area contributed by atoms with E-state index in [1.807, 2.05) is 44.3 Å². The van der Waals surface area contributed by atoms with Crippen molar-refractivity contribution in [1.29, 1.82) is 0 Å². The molecule has 176 valence electrons. The summed E-state index contributed by atoms with van der Waals surface area (Å²) in [4.78, 5) is 11.3. The number of ether oxygens (including phenoxy) is 2. The fraction of sp³-hybridized carbons (Fsp3) is 0.500. The molecule has 0 saturated carbocycles. The molecule has 1 fully saturated rings. The molecule has 0 radical (unpaired) electrons. The van der Waals surface area contributed by atoms with Crippen molar-refractivity contribution in [3.8, 4) is 11.6 Å². The van der Waals surface area contributed by atoms with E-state index < -0.39 is 0 Å². The maximum atomic E-state index is 5.64. The first-order chi connectivity index (χ1) is 15.1. The van der Waals surface area contributed by atoms with Crippen molar-refractivity contribution in [2.24, 2.45) is 4.99 Å². The van der Waals surface area contributed by atoms with Crippen LogP contribution in [0.25, 0.3) is 0 Å². The van der Waals surface area contributed by atoms with Gasteiger partial charge >= 0.3 is 0 Å². The molecule has 7 nitrogen and oxygen atoms in total. The van der Waals surface area contributed by atoms with Gasteiger partial charge in [0, 0.05) is 38.0 Å². The molecule has 1 atom stereocenters. The van der Waals surface area contributed by atoms with Gasteiger partial charge in [-0.2, -0.15) is 0 Å². The Bertz CT molecular complexity index is 839. The summed E-state index contributed by atoms with van der Waals surface area (Å²) < 4.78 is 11.2.